The molecule has 5 aromatic rings. The van der Waals surface area contributed by atoms with Crippen LogP contribution >= 0.6 is 11.3 Å². The molecular weight excluding hydrogens is 811 g/mol. The van der Waals surface area contributed by atoms with Crippen molar-refractivity contribution in [1.82, 2.24) is 35.0 Å². The number of nitrogens with one attached hydrogen (secondary N) is 2. The number of hydrogen-bond donors (Lipinski definition) is 3. The number of pyridine rings is 1. The normalized spacial score (nSPS) is 25.4. The van der Waals surface area contributed by atoms with Crippen LogP contribution < -0.4 is 21.3 Å². The number of nitrogens with two attached hydrogens (primary N) is 1. The van der Waals surface area contributed by atoms with Crippen LogP contribution in [0.5, 0.6) is 0 Å². The van der Waals surface area contributed by atoms with Crippen LogP contribution in [-0.4, -0.2) is 97.1 Å². The molecule has 4 N–H and O–H groups in total. The first-order chi connectivity index (χ1) is 30.0. The maximum Gasteiger partial charge on any atom is 0.264 e. The standard InChI is InChI=1S/C44H43N11O6S/c1-47-30-20-31(32-6-5-26-17-24(21-45)22-49-55(26)32)48-23-29(30)39-51-52-42(62-39)43-9-12-44(13-10-43,14-11-43)53(15-16-61-27-18-25(19-27)37(46)57)33-4-2-3-28-36(33)41(60)54(40(28)59)34-7-8-35(56)50-38(34)58/h2-6,17,20,22-23,25,27,34H,7-16,18-19H2,1H3,(H2,46,57)(H,47,48)(H,50,56,58). The van der Waals surface area contributed by atoms with Crippen LogP contribution in [0.25, 0.3) is 27.5 Å². The molecule has 0 radical (unpaired) electrons. The van der Waals surface area contributed by atoms with Crippen molar-refractivity contribution in [1.29, 1.82) is 5.26 Å². The van der Waals surface area contributed by atoms with Crippen molar-refractivity contribution in [2.24, 2.45) is 11.7 Å². The van der Waals surface area contributed by atoms with Crippen LogP contribution in [-0.2, 0) is 24.5 Å². The lowest BCUT2D eigenvalue weighted by Crippen LogP contribution is -2.59. The zero-order valence-electron chi connectivity index (χ0n) is 33.9. The minimum absolute atomic E-state index is 0.0367. The van der Waals surface area contributed by atoms with Crippen LogP contribution in [0, 0.1) is 17.2 Å². The summed E-state index contributed by atoms with van der Waals surface area (Å²) in [7, 11) is 1.86. The fourth-order valence-electron chi connectivity index (χ4n) is 10.2. The van der Waals surface area contributed by atoms with Gasteiger partial charge in [-0.05, 0) is 94.2 Å². The van der Waals surface area contributed by atoms with E-state index in [0.717, 1.165) is 75.9 Å². The van der Waals surface area contributed by atoms with E-state index < -0.39 is 29.7 Å². The van der Waals surface area contributed by atoms with E-state index in [2.05, 4.69) is 26.7 Å². The molecule has 5 amide bonds. The SMILES string of the molecule is CNc1cc(-c2ccc3cc(C#N)cnn23)ncc1-c1nnc(C23CCC(N(CCOC4CC(C(N)=O)C4)c4cccc5c4C(=O)N(C4CCC(=O)NC4=O)C5=O)(CC2)CC3)s1. The maximum absolute atomic E-state index is 14.3. The van der Waals surface area contributed by atoms with E-state index in [0.29, 0.717) is 42.9 Å². The molecule has 6 heterocycles. The van der Waals surface area contributed by atoms with Gasteiger partial charge < -0.3 is 20.7 Å². The summed E-state index contributed by atoms with van der Waals surface area (Å²) in [6.45, 7) is 0.779. The third-order valence-electron chi connectivity index (χ3n) is 13.9. The highest BCUT2D eigenvalue weighted by Crippen LogP contribution is 2.58. The molecule has 62 heavy (non-hydrogen) atoms. The third-order valence-corrected chi connectivity index (χ3v) is 15.1. The Morgan fingerprint density at radius 2 is 1.82 bits per heavy atom. The fraction of sp³-hybridized carbons (Fsp3) is 0.409. The van der Waals surface area contributed by atoms with Gasteiger partial charge in [-0.3, -0.25) is 39.2 Å². The zero-order chi connectivity index (χ0) is 42.9. The van der Waals surface area contributed by atoms with E-state index in [4.69, 9.17) is 25.7 Å². The molecule has 1 aromatic carbocycles. The maximum atomic E-state index is 14.3. The number of carbonyl (C=O) groups excluding carboxylic acids is 5. The highest BCUT2D eigenvalue weighted by atomic mass is 32.1. The smallest absolute Gasteiger partial charge is 0.264 e. The lowest BCUT2D eigenvalue weighted by molar-refractivity contribution is -0.136. The molecule has 1 saturated heterocycles. The Morgan fingerprint density at radius 3 is 2.55 bits per heavy atom. The van der Waals surface area contributed by atoms with Gasteiger partial charge in [0.15, 0.2) is 5.01 Å². The molecule has 5 fully saturated rings. The van der Waals surface area contributed by atoms with Crippen molar-refractivity contribution < 1.29 is 28.7 Å². The summed E-state index contributed by atoms with van der Waals surface area (Å²) in [5.74, 6) is -2.68. The van der Waals surface area contributed by atoms with Crippen molar-refractivity contribution in [2.75, 3.05) is 30.4 Å². The summed E-state index contributed by atoms with van der Waals surface area (Å²) >= 11 is 1.58. The number of anilines is 2. The summed E-state index contributed by atoms with van der Waals surface area (Å²) in [6, 6.07) is 13.9. The van der Waals surface area contributed by atoms with Crippen molar-refractivity contribution in [3.05, 3.63) is 76.6 Å². The molecule has 17 nitrogen and oxygen atoms in total. The molecule has 18 heteroatoms. The van der Waals surface area contributed by atoms with E-state index in [1.165, 1.54) is 6.20 Å². The number of carbonyl (C=O) groups is 5. The van der Waals surface area contributed by atoms with Crippen LogP contribution in [0.3, 0.4) is 0 Å². The molecule has 11 rings (SSSR count). The fourth-order valence-corrected chi connectivity index (χ4v) is 11.4. The molecule has 2 bridgehead atoms. The number of imide groups is 2. The zero-order valence-corrected chi connectivity index (χ0v) is 34.7. The number of fused-ring (bicyclic) bond motifs is 5. The average molecular weight is 854 g/mol. The quantitative estimate of drug-likeness (QED) is 0.148. The number of benzene rings is 1. The summed E-state index contributed by atoms with van der Waals surface area (Å²) in [5, 5.41) is 30.6. The molecule has 1 unspecified atom stereocenters. The number of hydrogen-bond acceptors (Lipinski definition) is 14. The second kappa shape index (κ2) is 15.1. The summed E-state index contributed by atoms with van der Waals surface area (Å²) < 4.78 is 8.04. The second-order valence-electron chi connectivity index (χ2n) is 17.1. The number of primary amides is 1. The van der Waals surface area contributed by atoms with E-state index in [1.807, 2.05) is 37.5 Å². The number of ether oxygens (including phenoxy) is 1. The average Bonchev–Trinajstić information content (AvgIpc) is 4.00. The van der Waals surface area contributed by atoms with Gasteiger partial charge in [0.1, 0.15) is 17.1 Å². The highest BCUT2D eigenvalue weighted by molar-refractivity contribution is 7.14. The van der Waals surface area contributed by atoms with Gasteiger partial charge in [0.25, 0.3) is 11.8 Å². The van der Waals surface area contributed by atoms with E-state index in [-0.39, 0.29) is 52.9 Å². The lowest BCUT2D eigenvalue weighted by atomic mass is 9.57. The Balaban J connectivity index is 0.911. The highest BCUT2D eigenvalue weighted by Gasteiger charge is 2.55. The number of piperidine rings is 1. The molecule has 4 saturated carbocycles. The van der Waals surface area contributed by atoms with Crippen molar-refractivity contribution in [3.63, 3.8) is 0 Å². The van der Waals surface area contributed by atoms with Gasteiger partial charge in [0.05, 0.1) is 63.8 Å². The van der Waals surface area contributed by atoms with E-state index >= 15 is 0 Å². The largest absolute Gasteiger partial charge is 0.387 e. The van der Waals surface area contributed by atoms with E-state index in [9.17, 15) is 29.2 Å². The Labute approximate surface area is 359 Å². The second-order valence-corrected chi connectivity index (χ2v) is 18.0. The molecule has 6 aliphatic rings. The monoisotopic (exact) mass is 853 g/mol. The van der Waals surface area contributed by atoms with Gasteiger partial charge in [-0.1, -0.05) is 17.4 Å². The van der Waals surface area contributed by atoms with Crippen LogP contribution in [0.1, 0.15) is 95.5 Å². The first-order valence-electron chi connectivity index (χ1n) is 20.9. The van der Waals surface area contributed by atoms with Gasteiger partial charge in [-0.15, -0.1) is 10.2 Å². The number of nitriles is 1. The van der Waals surface area contributed by atoms with Crippen molar-refractivity contribution in [2.45, 2.75) is 87.3 Å². The van der Waals surface area contributed by atoms with Crippen molar-refractivity contribution in [3.8, 4) is 28.0 Å². The predicted molar refractivity (Wildman–Crippen MR) is 226 cm³/mol. The topological polar surface area (TPSA) is 231 Å². The van der Waals surface area contributed by atoms with Gasteiger partial charge >= 0.3 is 0 Å². The Hall–Kier alpha value is -6.58. The molecule has 0 spiro atoms. The van der Waals surface area contributed by atoms with Crippen LogP contribution in [0.2, 0.25) is 0 Å². The molecule has 4 aliphatic carbocycles. The molecular formula is C44H43N11O6S. The lowest BCUT2D eigenvalue weighted by Gasteiger charge is -2.58. The minimum atomic E-state index is -1.07. The number of nitrogens with zero attached hydrogens (tertiary/aromatic N) is 8. The molecule has 316 valence electrons. The van der Waals surface area contributed by atoms with Gasteiger partial charge in [-0.2, -0.15) is 10.4 Å². The molecule has 4 aromatic heterocycles. The molecule has 1 atom stereocenters. The van der Waals surface area contributed by atoms with E-state index in [1.54, 1.807) is 34.1 Å². The summed E-state index contributed by atoms with van der Waals surface area (Å²) in [4.78, 5) is 72.9. The number of amides is 5. The van der Waals surface area contributed by atoms with Crippen molar-refractivity contribution >= 4 is 57.8 Å². The Morgan fingerprint density at radius 1 is 1.03 bits per heavy atom. The summed E-state index contributed by atoms with van der Waals surface area (Å²) in [6.07, 6.45) is 9.41. The van der Waals surface area contributed by atoms with Crippen LogP contribution in [0.4, 0.5) is 11.4 Å². The van der Waals surface area contributed by atoms with Gasteiger partial charge in [-0.25, -0.2) is 4.52 Å². The van der Waals surface area contributed by atoms with Gasteiger partial charge in [0, 0.05) is 48.8 Å². The Kier molecular flexibility index (Phi) is 9.63. The van der Waals surface area contributed by atoms with Gasteiger partial charge in [0.2, 0.25) is 17.7 Å². The minimum Gasteiger partial charge on any atom is -0.387 e. The van der Waals surface area contributed by atoms with Crippen LogP contribution in [0.15, 0.2) is 54.9 Å². The predicted octanol–water partition coefficient (Wildman–Crippen LogP) is 4.36. The third kappa shape index (κ3) is 6.40. The molecule has 2 aliphatic heterocycles. The Bertz CT molecular complexity index is 2730. The first-order valence-corrected chi connectivity index (χ1v) is 21.8. The summed E-state index contributed by atoms with van der Waals surface area (Å²) in [5.41, 5.74) is 10.6. The first kappa shape index (κ1) is 39.5. The number of aromatic nitrogens is 5. The number of rotatable bonds is 12.